The summed E-state index contributed by atoms with van der Waals surface area (Å²) in [4.78, 5) is 26.7. The van der Waals surface area contributed by atoms with Gasteiger partial charge in [0, 0.05) is 19.1 Å². The topological polar surface area (TPSA) is 74.0 Å². The van der Waals surface area contributed by atoms with Gasteiger partial charge in [-0.1, -0.05) is 0 Å². The zero-order valence-electron chi connectivity index (χ0n) is 11.6. The number of nitrogens with zero attached hydrogens (tertiary/aromatic N) is 2. The quantitative estimate of drug-likeness (QED) is 0.897. The third kappa shape index (κ3) is 3.31. The molecule has 0 aromatic carbocycles. The summed E-state index contributed by atoms with van der Waals surface area (Å²) in [6.07, 6.45) is 3.22. The van der Waals surface area contributed by atoms with Gasteiger partial charge in [-0.25, -0.2) is 4.79 Å². The van der Waals surface area contributed by atoms with E-state index in [1.807, 2.05) is 13.0 Å². The lowest BCUT2D eigenvalue weighted by molar-refractivity contribution is -0.138. The number of carboxylic acid groups (broad SMARTS) is 1. The van der Waals surface area contributed by atoms with Gasteiger partial charge in [-0.15, -0.1) is 0 Å². The Kier molecular flexibility index (Phi) is 4.65. The summed E-state index contributed by atoms with van der Waals surface area (Å²) in [5, 5.41) is 8.91. The second kappa shape index (κ2) is 6.45. The number of rotatable bonds is 5. The van der Waals surface area contributed by atoms with Crippen LogP contribution in [0, 0.1) is 0 Å². The van der Waals surface area contributed by atoms with Crippen molar-refractivity contribution in [2.24, 2.45) is 0 Å². The summed E-state index contributed by atoms with van der Waals surface area (Å²) >= 11 is 0. The highest BCUT2D eigenvalue weighted by Crippen LogP contribution is 2.22. The van der Waals surface area contributed by atoms with Crippen LogP contribution >= 0.6 is 0 Å². The lowest BCUT2D eigenvalue weighted by Crippen LogP contribution is -2.45. The molecule has 6 nitrogen and oxygen atoms in total. The SMILES string of the molecule is CCN(Cc1ccco1)C(=O)N1CCCC1CC(=O)O. The van der Waals surface area contributed by atoms with Gasteiger partial charge in [-0.05, 0) is 31.9 Å². The maximum absolute atomic E-state index is 12.5. The number of amides is 2. The second-order valence-electron chi connectivity index (χ2n) is 4.96. The van der Waals surface area contributed by atoms with Gasteiger partial charge < -0.3 is 19.3 Å². The minimum atomic E-state index is -0.858. The Morgan fingerprint density at radius 2 is 2.35 bits per heavy atom. The molecule has 1 atom stereocenters. The minimum absolute atomic E-state index is 0.0179. The zero-order chi connectivity index (χ0) is 14.5. The molecule has 1 aliphatic heterocycles. The van der Waals surface area contributed by atoms with Crippen molar-refractivity contribution < 1.29 is 19.1 Å². The molecule has 1 unspecified atom stereocenters. The van der Waals surface area contributed by atoms with Crippen LogP contribution in [0.1, 0.15) is 31.9 Å². The van der Waals surface area contributed by atoms with E-state index in [0.29, 0.717) is 19.6 Å². The van der Waals surface area contributed by atoms with Crippen LogP contribution in [-0.2, 0) is 11.3 Å². The summed E-state index contributed by atoms with van der Waals surface area (Å²) in [6.45, 7) is 3.52. The van der Waals surface area contributed by atoms with Gasteiger partial charge in [0.05, 0.1) is 19.2 Å². The first-order valence-electron chi connectivity index (χ1n) is 6.91. The van der Waals surface area contributed by atoms with E-state index in [4.69, 9.17) is 9.52 Å². The summed E-state index contributed by atoms with van der Waals surface area (Å²) in [7, 11) is 0. The largest absolute Gasteiger partial charge is 0.481 e. The highest BCUT2D eigenvalue weighted by molar-refractivity contribution is 5.76. The number of carboxylic acids is 1. The van der Waals surface area contributed by atoms with E-state index in [1.165, 1.54) is 0 Å². The van der Waals surface area contributed by atoms with Gasteiger partial charge in [0.2, 0.25) is 0 Å². The minimum Gasteiger partial charge on any atom is -0.481 e. The number of furan rings is 1. The zero-order valence-corrected chi connectivity index (χ0v) is 11.6. The molecule has 1 aromatic heterocycles. The molecule has 2 rings (SSSR count). The summed E-state index contributed by atoms with van der Waals surface area (Å²) in [5.74, 6) is -0.127. The van der Waals surface area contributed by atoms with Gasteiger partial charge in [0.15, 0.2) is 0 Å². The summed E-state index contributed by atoms with van der Waals surface area (Å²) in [5.41, 5.74) is 0. The molecule has 0 aliphatic carbocycles. The molecule has 20 heavy (non-hydrogen) atoms. The Morgan fingerprint density at radius 1 is 1.55 bits per heavy atom. The maximum atomic E-state index is 12.5. The first-order chi connectivity index (χ1) is 9.61. The van der Waals surface area contributed by atoms with E-state index < -0.39 is 5.97 Å². The molecule has 1 N–H and O–H groups in total. The average molecular weight is 280 g/mol. The van der Waals surface area contributed by atoms with E-state index in [-0.39, 0.29) is 18.5 Å². The number of aliphatic carboxylic acids is 1. The second-order valence-corrected chi connectivity index (χ2v) is 4.96. The van der Waals surface area contributed by atoms with Crippen molar-refractivity contribution >= 4 is 12.0 Å². The van der Waals surface area contributed by atoms with Crippen molar-refractivity contribution in [2.75, 3.05) is 13.1 Å². The fraction of sp³-hybridized carbons (Fsp3) is 0.571. The van der Waals surface area contributed by atoms with Crippen LogP contribution in [-0.4, -0.2) is 46.0 Å². The number of hydrogen-bond acceptors (Lipinski definition) is 3. The monoisotopic (exact) mass is 280 g/mol. The van der Waals surface area contributed by atoms with Crippen molar-refractivity contribution in [1.82, 2.24) is 9.80 Å². The fourth-order valence-corrected chi connectivity index (χ4v) is 2.59. The Bertz CT molecular complexity index is 458. The molecule has 2 heterocycles. The van der Waals surface area contributed by atoms with Gasteiger partial charge >= 0.3 is 12.0 Å². The Labute approximate surface area is 118 Å². The first kappa shape index (κ1) is 14.4. The number of hydrogen-bond donors (Lipinski definition) is 1. The molecule has 0 saturated carbocycles. The molecule has 0 spiro atoms. The molecule has 1 fully saturated rings. The molecular formula is C14H20N2O4. The third-order valence-electron chi connectivity index (χ3n) is 3.61. The molecule has 110 valence electrons. The normalized spacial score (nSPS) is 18.2. The number of carbonyl (C=O) groups excluding carboxylic acids is 1. The van der Waals surface area contributed by atoms with Crippen molar-refractivity contribution in [3.05, 3.63) is 24.2 Å². The molecule has 6 heteroatoms. The van der Waals surface area contributed by atoms with Crippen LogP contribution in [0.15, 0.2) is 22.8 Å². The van der Waals surface area contributed by atoms with Crippen LogP contribution < -0.4 is 0 Å². The number of carbonyl (C=O) groups is 2. The Balaban J connectivity index is 2.01. The van der Waals surface area contributed by atoms with Crippen molar-refractivity contribution in [2.45, 2.75) is 38.8 Å². The fourth-order valence-electron chi connectivity index (χ4n) is 2.59. The lowest BCUT2D eigenvalue weighted by atomic mass is 10.1. The van der Waals surface area contributed by atoms with Crippen LogP contribution in [0.25, 0.3) is 0 Å². The Morgan fingerprint density at radius 3 is 2.95 bits per heavy atom. The standard InChI is InChI=1S/C14H20N2O4/c1-2-15(10-12-6-4-8-20-12)14(19)16-7-3-5-11(16)9-13(17)18/h4,6,8,11H,2-3,5,7,9-10H2,1H3,(H,17,18). The smallest absolute Gasteiger partial charge is 0.320 e. The van der Waals surface area contributed by atoms with Crippen LogP contribution in [0.4, 0.5) is 4.79 Å². The first-order valence-corrected chi connectivity index (χ1v) is 6.91. The summed E-state index contributed by atoms with van der Waals surface area (Å²) in [6, 6.07) is 3.32. The van der Waals surface area contributed by atoms with Gasteiger partial charge in [0.1, 0.15) is 5.76 Å². The van der Waals surface area contributed by atoms with Crippen molar-refractivity contribution in [3.63, 3.8) is 0 Å². The molecule has 0 bridgehead atoms. The predicted octanol–water partition coefficient (Wildman–Crippen LogP) is 2.16. The number of urea groups is 1. The van der Waals surface area contributed by atoms with Crippen LogP contribution in [0.3, 0.4) is 0 Å². The van der Waals surface area contributed by atoms with E-state index in [1.54, 1.807) is 22.1 Å². The van der Waals surface area contributed by atoms with Crippen molar-refractivity contribution in [3.8, 4) is 0 Å². The van der Waals surface area contributed by atoms with Gasteiger partial charge in [0.25, 0.3) is 0 Å². The van der Waals surface area contributed by atoms with Crippen LogP contribution in [0.2, 0.25) is 0 Å². The molecule has 1 saturated heterocycles. The van der Waals surface area contributed by atoms with Gasteiger partial charge in [-0.2, -0.15) is 0 Å². The maximum Gasteiger partial charge on any atom is 0.320 e. The highest BCUT2D eigenvalue weighted by atomic mass is 16.4. The lowest BCUT2D eigenvalue weighted by Gasteiger charge is -2.30. The van der Waals surface area contributed by atoms with Crippen molar-refractivity contribution in [1.29, 1.82) is 0 Å². The molecule has 1 aromatic rings. The molecule has 0 radical (unpaired) electrons. The molecule has 2 amide bonds. The summed E-state index contributed by atoms with van der Waals surface area (Å²) < 4.78 is 5.26. The van der Waals surface area contributed by atoms with E-state index in [9.17, 15) is 9.59 Å². The van der Waals surface area contributed by atoms with E-state index >= 15 is 0 Å². The van der Waals surface area contributed by atoms with E-state index in [2.05, 4.69) is 0 Å². The highest BCUT2D eigenvalue weighted by Gasteiger charge is 2.32. The van der Waals surface area contributed by atoms with Crippen LogP contribution in [0.5, 0.6) is 0 Å². The Hall–Kier alpha value is -1.98. The molecular weight excluding hydrogens is 260 g/mol. The average Bonchev–Trinajstić information content (AvgIpc) is 3.05. The third-order valence-corrected chi connectivity index (χ3v) is 3.61. The van der Waals surface area contributed by atoms with Gasteiger partial charge in [-0.3, -0.25) is 4.79 Å². The van der Waals surface area contributed by atoms with E-state index in [0.717, 1.165) is 18.6 Å². The molecule has 1 aliphatic rings. The predicted molar refractivity (Wildman–Crippen MR) is 72.2 cm³/mol. The number of likely N-dealkylation sites (tertiary alicyclic amines) is 1.